The van der Waals surface area contributed by atoms with Crippen LogP contribution in [0.15, 0.2) is 0 Å². The van der Waals surface area contributed by atoms with Gasteiger partial charge in [0.2, 0.25) is 0 Å². The predicted octanol–water partition coefficient (Wildman–Crippen LogP) is -0.142. The van der Waals surface area contributed by atoms with E-state index in [0.717, 1.165) is 0 Å². The Kier molecular flexibility index (Phi) is 8.77. The van der Waals surface area contributed by atoms with Gasteiger partial charge in [-0.25, -0.2) is 0 Å². The first-order valence-electron chi connectivity index (χ1n) is 1.65. The molecular formula is C2H6ClKO3S. The van der Waals surface area contributed by atoms with Crippen molar-refractivity contribution in [3.63, 3.8) is 0 Å². The fourth-order valence-electron chi connectivity index (χ4n) is 0.0445. The Morgan fingerprint density at radius 1 is 1.62 bits per heavy atom. The predicted molar refractivity (Wildman–Crippen MR) is 33.5 cm³/mol. The minimum atomic E-state index is -3.39. The second kappa shape index (κ2) is 5.61. The van der Waals surface area contributed by atoms with Gasteiger partial charge in [-0.15, -0.1) is 0 Å². The summed E-state index contributed by atoms with van der Waals surface area (Å²) in [6.45, 7) is 1.44. The van der Waals surface area contributed by atoms with E-state index in [1.807, 2.05) is 0 Å². The fraction of sp³-hybridized carbons (Fsp3) is 1.00. The van der Waals surface area contributed by atoms with Crippen molar-refractivity contribution in [1.29, 1.82) is 0 Å². The van der Waals surface area contributed by atoms with Gasteiger partial charge in [0.15, 0.2) is 0 Å². The average Bonchev–Trinajstić information content (AvgIpc) is 1.68. The SMILES string of the molecule is CCS(=O)(=O)OCl.[KH]. The second-order valence-electron chi connectivity index (χ2n) is 0.909. The normalized spacial score (nSPS) is 10.2. The van der Waals surface area contributed by atoms with E-state index in [1.54, 1.807) is 0 Å². The van der Waals surface area contributed by atoms with Crippen LogP contribution >= 0.6 is 11.9 Å². The van der Waals surface area contributed by atoms with Crippen LogP contribution in [0.5, 0.6) is 0 Å². The molecule has 0 heterocycles. The summed E-state index contributed by atoms with van der Waals surface area (Å²) in [5, 5.41) is 0. The van der Waals surface area contributed by atoms with Crippen LogP contribution < -0.4 is 0 Å². The molecule has 0 saturated carbocycles. The molecule has 0 saturated heterocycles. The molecule has 0 aliphatic heterocycles. The molecule has 0 bridgehead atoms. The van der Waals surface area contributed by atoms with Gasteiger partial charge >= 0.3 is 51.4 Å². The molecule has 0 rings (SSSR count). The third kappa shape index (κ3) is 5.96. The van der Waals surface area contributed by atoms with E-state index in [-0.39, 0.29) is 57.1 Å². The minimum absolute atomic E-state index is 0. The van der Waals surface area contributed by atoms with Gasteiger partial charge < -0.3 is 0 Å². The van der Waals surface area contributed by atoms with Crippen molar-refractivity contribution in [1.82, 2.24) is 0 Å². The van der Waals surface area contributed by atoms with Crippen LogP contribution in [0.1, 0.15) is 6.92 Å². The van der Waals surface area contributed by atoms with Gasteiger partial charge in [-0.2, -0.15) is 12.2 Å². The summed E-state index contributed by atoms with van der Waals surface area (Å²) in [5.74, 6) is -0.0868. The van der Waals surface area contributed by atoms with Crippen molar-refractivity contribution in [3.05, 3.63) is 0 Å². The molecule has 8 heavy (non-hydrogen) atoms. The zero-order chi connectivity index (χ0) is 5.91. The van der Waals surface area contributed by atoms with E-state index < -0.39 is 10.1 Å². The summed E-state index contributed by atoms with van der Waals surface area (Å²) in [6.07, 6.45) is 0. The van der Waals surface area contributed by atoms with Gasteiger partial charge in [-0.05, 0) is 6.92 Å². The zero-order valence-corrected chi connectivity index (χ0v) is 5.29. The second-order valence-corrected chi connectivity index (χ2v) is 3.11. The van der Waals surface area contributed by atoms with Crippen LogP contribution in [0.2, 0.25) is 0 Å². The van der Waals surface area contributed by atoms with Crippen LogP contribution in [0, 0.1) is 0 Å². The molecule has 0 aromatic carbocycles. The fourth-order valence-corrected chi connectivity index (χ4v) is 0.401. The molecule has 0 unspecified atom stereocenters. The van der Waals surface area contributed by atoms with E-state index in [1.165, 1.54) is 6.92 Å². The zero-order valence-electron chi connectivity index (χ0n) is 3.72. The van der Waals surface area contributed by atoms with Crippen LogP contribution in [0.4, 0.5) is 0 Å². The maximum atomic E-state index is 10.0. The molecule has 0 aliphatic rings. The molecule has 0 radical (unpaired) electrons. The Morgan fingerprint density at radius 3 is 2.00 bits per heavy atom. The Balaban J connectivity index is 0. The number of hydrogen-bond donors (Lipinski definition) is 0. The van der Waals surface area contributed by atoms with Gasteiger partial charge in [-0.3, -0.25) is 0 Å². The molecular weight excluding hydrogens is 179 g/mol. The number of halogens is 1. The van der Waals surface area contributed by atoms with E-state index in [9.17, 15) is 8.42 Å². The van der Waals surface area contributed by atoms with E-state index in [2.05, 4.69) is 15.6 Å². The molecule has 0 atom stereocenters. The maximum absolute atomic E-state index is 10.0. The number of hydrogen-bond acceptors (Lipinski definition) is 3. The third-order valence-electron chi connectivity index (χ3n) is 0.450. The van der Waals surface area contributed by atoms with E-state index >= 15 is 0 Å². The Hall–Kier alpha value is 1.84. The first-order chi connectivity index (χ1) is 3.12. The van der Waals surface area contributed by atoms with Crippen LogP contribution in [0.25, 0.3) is 0 Å². The summed E-state index contributed by atoms with van der Waals surface area (Å²) in [7, 11) is -3.39. The average molecular weight is 185 g/mol. The first kappa shape index (κ1) is 12.5. The standard InChI is InChI=1S/C2H5ClO3S.K.H/c1-2-7(4,5)6-3;;/h2H2,1H3;;. The summed E-state index contributed by atoms with van der Waals surface area (Å²) < 4.78 is 23.6. The summed E-state index contributed by atoms with van der Waals surface area (Å²) >= 11 is 4.51. The Morgan fingerprint density at radius 2 is 2.00 bits per heavy atom. The topological polar surface area (TPSA) is 43.4 Å². The third-order valence-corrected chi connectivity index (χ3v) is 1.92. The van der Waals surface area contributed by atoms with Gasteiger partial charge in [-0.1, -0.05) is 0 Å². The molecule has 0 N–H and O–H groups in total. The van der Waals surface area contributed by atoms with Crippen molar-refractivity contribution in [2.24, 2.45) is 0 Å². The molecule has 46 valence electrons. The van der Waals surface area contributed by atoms with Crippen molar-refractivity contribution < 1.29 is 12.2 Å². The quantitative estimate of drug-likeness (QED) is 0.561. The monoisotopic (exact) mass is 184 g/mol. The Bertz CT molecular complexity index is 120. The summed E-state index contributed by atoms with van der Waals surface area (Å²) in [6, 6.07) is 0. The molecule has 0 aromatic heterocycles. The van der Waals surface area contributed by atoms with Crippen molar-refractivity contribution in [3.8, 4) is 0 Å². The van der Waals surface area contributed by atoms with Crippen LogP contribution in [-0.4, -0.2) is 65.6 Å². The van der Waals surface area contributed by atoms with Gasteiger partial charge in [0, 0.05) is 0 Å². The number of rotatable bonds is 2. The molecule has 3 nitrogen and oxygen atoms in total. The first-order valence-corrected chi connectivity index (χ1v) is 3.54. The van der Waals surface area contributed by atoms with Crippen molar-refractivity contribution in [2.45, 2.75) is 6.92 Å². The molecule has 6 heteroatoms. The molecule has 0 spiro atoms. The molecule has 0 aromatic rings. The van der Waals surface area contributed by atoms with Gasteiger partial charge in [0.05, 0.1) is 17.6 Å². The van der Waals surface area contributed by atoms with Crippen LogP contribution in [-0.2, 0) is 13.9 Å². The molecule has 0 amide bonds. The van der Waals surface area contributed by atoms with Gasteiger partial charge in [0.1, 0.15) is 0 Å². The summed E-state index contributed by atoms with van der Waals surface area (Å²) in [5.41, 5.74) is 0. The van der Waals surface area contributed by atoms with Crippen LogP contribution in [0.3, 0.4) is 0 Å². The summed E-state index contributed by atoms with van der Waals surface area (Å²) in [4.78, 5) is 0. The van der Waals surface area contributed by atoms with E-state index in [0.29, 0.717) is 0 Å². The van der Waals surface area contributed by atoms with Gasteiger partial charge in [0.25, 0.3) is 10.1 Å². The van der Waals surface area contributed by atoms with Crippen molar-refractivity contribution in [2.75, 3.05) is 5.75 Å². The van der Waals surface area contributed by atoms with Crippen molar-refractivity contribution >= 4 is 73.4 Å². The molecule has 0 aliphatic carbocycles. The Labute approximate surface area is 96.5 Å². The molecule has 0 fully saturated rings. The van der Waals surface area contributed by atoms with E-state index in [4.69, 9.17) is 0 Å².